The third kappa shape index (κ3) is 1.95. The Morgan fingerprint density at radius 3 is 2.89 bits per heavy atom. The number of ether oxygens (including phenoxy) is 2. The Hall–Kier alpha value is -1.26. The highest BCUT2D eigenvalue weighted by Crippen LogP contribution is 2.43. The maximum absolute atomic E-state index is 6.32. The highest BCUT2D eigenvalue weighted by Gasteiger charge is 2.40. The summed E-state index contributed by atoms with van der Waals surface area (Å²) in [5.74, 6) is 1.77. The van der Waals surface area contributed by atoms with Crippen LogP contribution in [0.4, 0.5) is 0 Å². The van der Waals surface area contributed by atoms with Crippen LogP contribution in [-0.4, -0.2) is 25.8 Å². The van der Waals surface area contributed by atoms with E-state index in [1.54, 1.807) is 7.11 Å². The molecule has 98 valence electrons. The summed E-state index contributed by atoms with van der Waals surface area (Å²) < 4.78 is 11.5. The van der Waals surface area contributed by atoms with E-state index in [1.165, 1.54) is 0 Å². The smallest absolute Gasteiger partial charge is 0.125 e. The molecule has 0 radical (unpaired) electrons. The molecule has 1 aromatic rings. The van der Waals surface area contributed by atoms with Gasteiger partial charge in [-0.3, -0.25) is 0 Å². The van der Waals surface area contributed by atoms with Crippen molar-refractivity contribution in [2.24, 2.45) is 5.73 Å². The topological polar surface area (TPSA) is 56.5 Å². The number of nitrogens with one attached hydrogen (secondary N) is 1. The number of fused-ring (bicyclic) bond motifs is 1. The number of hydrogen-bond acceptors (Lipinski definition) is 4. The number of methoxy groups -OCH3 is 1. The molecule has 3 rings (SSSR count). The Balaban J connectivity index is 1.92. The molecule has 0 amide bonds. The number of rotatable bonds is 1. The van der Waals surface area contributed by atoms with Gasteiger partial charge >= 0.3 is 0 Å². The monoisotopic (exact) mass is 248 g/mol. The van der Waals surface area contributed by atoms with E-state index in [0.717, 1.165) is 49.4 Å². The molecule has 18 heavy (non-hydrogen) atoms. The maximum Gasteiger partial charge on any atom is 0.125 e. The van der Waals surface area contributed by atoms with Gasteiger partial charge in [-0.2, -0.15) is 0 Å². The highest BCUT2D eigenvalue weighted by atomic mass is 16.5. The Morgan fingerprint density at radius 1 is 1.39 bits per heavy atom. The van der Waals surface area contributed by atoms with E-state index in [1.807, 2.05) is 18.2 Å². The molecule has 2 aliphatic heterocycles. The first-order valence-corrected chi connectivity index (χ1v) is 6.56. The van der Waals surface area contributed by atoms with Crippen LogP contribution in [0.2, 0.25) is 0 Å². The molecule has 1 spiro atoms. The van der Waals surface area contributed by atoms with Crippen molar-refractivity contribution in [1.82, 2.24) is 5.32 Å². The summed E-state index contributed by atoms with van der Waals surface area (Å²) >= 11 is 0. The Morgan fingerprint density at radius 2 is 2.17 bits per heavy atom. The zero-order valence-electron chi connectivity index (χ0n) is 10.7. The first kappa shape index (κ1) is 11.8. The average Bonchev–Trinajstić information content (AvgIpc) is 2.39. The van der Waals surface area contributed by atoms with Crippen molar-refractivity contribution >= 4 is 0 Å². The van der Waals surface area contributed by atoms with Crippen molar-refractivity contribution in [1.29, 1.82) is 0 Å². The normalized spacial score (nSPS) is 25.3. The average molecular weight is 248 g/mol. The van der Waals surface area contributed by atoms with Crippen LogP contribution >= 0.6 is 0 Å². The summed E-state index contributed by atoms with van der Waals surface area (Å²) in [6.07, 6.45) is 2.97. The Labute approximate surface area is 107 Å². The summed E-state index contributed by atoms with van der Waals surface area (Å²) in [7, 11) is 1.67. The first-order valence-electron chi connectivity index (χ1n) is 6.56. The zero-order chi connectivity index (χ0) is 12.6. The molecule has 4 nitrogen and oxygen atoms in total. The van der Waals surface area contributed by atoms with Gasteiger partial charge in [-0.05, 0) is 44.1 Å². The lowest BCUT2D eigenvalue weighted by Crippen LogP contribution is -2.50. The molecule has 1 fully saturated rings. The van der Waals surface area contributed by atoms with Crippen molar-refractivity contribution in [3.8, 4) is 11.5 Å². The molecule has 2 heterocycles. The molecule has 1 atom stereocenters. The lowest BCUT2D eigenvalue weighted by atomic mass is 9.81. The second-order valence-electron chi connectivity index (χ2n) is 5.25. The van der Waals surface area contributed by atoms with E-state index in [9.17, 15) is 0 Å². The summed E-state index contributed by atoms with van der Waals surface area (Å²) in [5.41, 5.74) is 7.32. The standard InChI is InChI=1S/C14H20N2O2/c1-17-10-2-3-13-11(8-10)12(15)9-14(18-13)4-6-16-7-5-14/h2-3,8,12,16H,4-7,9,15H2,1H3/t12-/m1/s1. The first-order chi connectivity index (χ1) is 8.72. The van der Waals surface area contributed by atoms with Crippen molar-refractivity contribution < 1.29 is 9.47 Å². The van der Waals surface area contributed by atoms with Crippen LogP contribution in [0, 0.1) is 0 Å². The summed E-state index contributed by atoms with van der Waals surface area (Å²) in [6, 6.07) is 5.96. The van der Waals surface area contributed by atoms with Gasteiger partial charge in [0.25, 0.3) is 0 Å². The fourth-order valence-electron chi connectivity index (χ4n) is 3.01. The number of nitrogens with two attached hydrogens (primary N) is 1. The van der Waals surface area contributed by atoms with Crippen molar-refractivity contribution in [3.63, 3.8) is 0 Å². The van der Waals surface area contributed by atoms with Crippen molar-refractivity contribution in [2.45, 2.75) is 30.9 Å². The largest absolute Gasteiger partial charge is 0.497 e. The molecule has 0 aromatic heterocycles. The molecule has 1 saturated heterocycles. The zero-order valence-corrected chi connectivity index (χ0v) is 10.7. The minimum atomic E-state index is -0.0632. The third-order valence-electron chi connectivity index (χ3n) is 4.05. The molecule has 2 aliphatic rings. The fourth-order valence-corrected chi connectivity index (χ4v) is 3.01. The van der Waals surface area contributed by atoms with Gasteiger partial charge in [-0.15, -0.1) is 0 Å². The van der Waals surface area contributed by atoms with Gasteiger partial charge in [0.1, 0.15) is 17.1 Å². The van der Waals surface area contributed by atoms with E-state index < -0.39 is 0 Å². The van der Waals surface area contributed by atoms with Crippen LogP contribution in [0.25, 0.3) is 0 Å². The minimum absolute atomic E-state index is 0.0435. The minimum Gasteiger partial charge on any atom is -0.497 e. The van der Waals surface area contributed by atoms with Gasteiger partial charge in [0.2, 0.25) is 0 Å². The fraction of sp³-hybridized carbons (Fsp3) is 0.571. The van der Waals surface area contributed by atoms with E-state index in [2.05, 4.69) is 5.32 Å². The summed E-state index contributed by atoms with van der Waals surface area (Å²) in [5, 5.41) is 3.37. The van der Waals surface area contributed by atoms with Gasteiger partial charge in [0.15, 0.2) is 0 Å². The van der Waals surface area contributed by atoms with Gasteiger partial charge in [0, 0.05) is 18.0 Å². The molecule has 0 bridgehead atoms. The molecule has 0 unspecified atom stereocenters. The van der Waals surface area contributed by atoms with Crippen LogP contribution < -0.4 is 20.5 Å². The maximum atomic E-state index is 6.32. The SMILES string of the molecule is COc1ccc2c(c1)[C@H](N)CC1(CCNCC1)O2. The number of hydrogen-bond donors (Lipinski definition) is 2. The van der Waals surface area contributed by atoms with Gasteiger partial charge in [0.05, 0.1) is 7.11 Å². The molecule has 0 aliphatic carbocycles. The number of piperidine rings is 1. The summed E-state index contributed by atoms with van der Waals surface area (Å²) in [4.78, 5) is 0. The molecular weight excluding hydrogens is 228 g/mol. The van der Waals surface area contributed by atoms with Gasteiger partial charge in [-0.25, -0.2) is 0 Å². The van der Waals surface area contributed by atoms with E-state index in [-0.39, 0.29) is 11.6 Å². The molecule has 0 saturated carbocycles. The second-order valence-corrected chi connectivity index (χ2v) is 5.25. The van der Waals surface area contributed by atoms with Crippen LogP contribution in [0.1, 0.15) is 30.9 Å². The van der Waals surface area contributed by atoms with Crippen LogP contribution in [0.15, 0.2) is 18.2 Å². The van der Waals surface area contributed by atoms with E-state index in [0.29, 0.717) is 0 Å². The second kappa shape index (κ2) is 4.44. The lowest BCUT2D eigenvalue weighted by molar-refractivity contribution is 0.00782. The quantitative estimate of drug-likeness (QED) is 0.792. The van der Waals surface area contributed by atoms with Crippen molar-refractivity contribution in [2.75, 3.05) is 20.2 Å². The predicted molar refractivity (Wildman–Crippen MR) is 70.0 cm³/mol. The van der Waals surface area contributed by atoms with E-state index in [4.69, 9.17) is 15.2 Å². The Bertz CT molecular complexity index is 441. The third-order valence-corrected chi connectivity index (χ3v) is 4.05. The lowest BCUT2D eigenvalue weighted by Gasteiger charge is -2.43. The molecular formula is C14H20N2O2. The van der Waals surface area contributed by atoms with Crippen LogP contribution in [0.5, 0.6) is 11.5 Å². The molecule has 4 heteroatoms. The van der Waals surface area contributed by atoms with Crippen LogP contribution in [0.3, 0.4) is 0 Å². The predicted octanol–water partition coefficient (Wildman–Crippen LogP) is 1.60. The van der Waals surface area contributed by atoms with Gasteiger partial charge < -0.3 is 20.5 Å². The van der Waals surface area contributed by atoms with E-state index >= 15 is 0 Å². The number of benzene rings is 1. The Kier molecular flexibility index (Phi) is 2.92. The summed E-state index contributed by atoms with van der Waals surface area (Å²) in [6.45, 7) is 2.02. The highest BCUT2D eigenvalue weighted by molar-refractivity contribution is 5.44. The van der Waals surface area contributed by atoms with Gasteiger partial charge in [-0.1, -0.05) is 0 Å². The van der Waals surface area contributed by atoms with Crippen molar-refractivity contribution in [3.05, 3.63) is 23.8 Å². The molecule has 3 N–H and O–H groups in total. The molecule has 1 aromatic carbocycles. The van der Waals surface area contributed by atoms with Crippen LogP contribution in [-0.2, 0) is 0 Å².